The predicted molar refractivity (Wildman–Crippen MR) is 66.0 cm³/mol. The lowest BCUT2D eigenvalue weighted by atomic mass is 10.3. The van der Waals surface area contributed by atoms with Crippen LogP contribution in [0, 0.1) is 11.6 Å². The average Bonchev–Trinajstić information content (AvgIpc) is 2.21. The molecule has 1 heterocycles. The fourth-order valence-electron chi connectivity index (χ4n) is 1.31. The summed E-state index contributed by atoms with van der Waals surface area (Å²) < 4.78 is 26.5. The molecule has 3 N–H and O–H groups in total. The number of hydrogen-bond acceptors (Lipinski definition) is 3. The summed E-state index contributed by atoms with van der Waals surface area (Å²) in [4.78, 5) is 4.00. The second-order valence-corrected chi connectivity index (χ2v) is 4.24. The van der Waals surface area contributed by atoms with E-state index in [4.69, 9.17) is 5.73 Å². The molecule has 88 valence electrons. The number of nitrogens with zero attached hydrogens (tertiary/aromatic N) is 1. The summed E-state index contributed by atoms with van der Waals surface area (Å²) in [5.74, 6) is -0.873. The van der Waals surface area contributed by atoms with Crippen LogP contribution in [-0.4, -0.2) is 4.98 Å². The monoisotopic (exact) mass is 299 g/mol. The topological polar surface area (TPSA) is 50.9 Å². The van der Waals surface area contributed by atoms with Crippen LogP contribution in [0.5, 0.6) is 0 Å². The average molecular weight is 300 g/mol. The molecule has 0 spiro atoms. The van der Waals surface area contributed by atoms with E-state index in [0.717, 1.165) is 6.07 Å². The largest absolute Gasteiger partial charge is 0.397 e. The first-order valence-electron chi connectivity index (χ1n) is 4.69. The fourth-order valence-corrected chi connectivity index (χ4v) is 1.77. The van der Waals surface area contributed by atoms with Gasteiger partial charge in [-0.15, -0.1) is 0 Å². The van der Waals surface area contributed by atoms with Crippen molar-refractivity contribution in [3.63, 3.8) is 0 Å². The van der Waals surface area contributed by atoms with Gasteiger partial charge in [-0.25, -0.2) is 13.8 Å². The van der Waals surface area contributed by atoms with E-state index in [1.807, 2.05) is 0 Å². The van der Waals surface area contributed by atoms with Gasteiger partial charge >= 0.3 is 0 Å². The highest BCUT2D eigenvalue weighted by Gasteiger charge is 2.05. The van der Waals surface area contributed by atoms with Gasteiger partial charge in [0, 0.05) is 11.8 Å². The van der Waals surface area contributed by atoms with Gasteiger partial charge in [0.2, 0.25) is 0 Å². The molecular formula is C11H8BrF2N3. The van der Waals surface area contributed by atoms with Gasteiger partial charge in [-0.05, 0) is 34.1 Å². The predicted octanol–water partition coefficient (Wildman–Crippen LogP) is 3.45. The molecule has 0 saturated carbocycles. The van der Waals surface area contributed by atoms with Crippen LogP contribution in [-0.2, 0) is 0 Å². The summed E-state index contributed by atoms with van der Waals surface area (Å²) in [6.45, 7) is 0. The van der Waals surface area contributed by atoms with Gasteiger partial charge in [0.15, 0.2) is 0 Å². The molecule has 1 aromatic heterocycles. The second kappa shape index (κ2) is 4.67. The molecule has 0 bridgehead atoms. The number of hydrogen-bond donors (Lipinski definition) is 2. The lowest BCUT2D eigenvalue weighted by molar-refractivity contribution is 0.584. The lowest BCUT2D eigenvalue weighted by Gasteiger charge is -2.08. The summed E-state index contributed by atoms with van der Waals surface area (Å²) in [6.07, 6.45) is 1.45. The summed E-state index contributed by atoms with van der Waals surface area (Å²) in [5.41, 5.74) is 6.30. The number of benzene rings is 1. The minimum Gasteiger partial charge on any atom is -0.397 e. The molecule has 0 aliphatic heterocycles. The molecule has 6 heteroatoms. The minimum atomic E-state index is -0.654. The Hall–Kier alpha value is -1.69. The Labute approximate surface area is 105 Å². The number of nitrogens with two attached hydrogens (primary N) is 1. The summed E-state index contributed by atoms with van der Waals surface area (Å²) in [6, 6.07) is 4.79. The molecule has 17 heavy (non-hydrogen) atoms. The molecule has 0 aliphatic carbocycles. The Morgan fingerprint density at radius 2 is 1.76 bits per heavy atom. The number of halogens is 3. The van der Waals surface area contributed by atoms with E-state index in [9.17, 15) is 8.78 Å². The maximum Gasteiger partial charge on any atom is 0.144 e. The van der Waals surface area contributed by atoms with Crippen LogP contribution >= 0.6 is 15.9 Å². The zero-order valence-corrected chi connectivity index (χ0v) is 10.1. The first-order valence-corrected chi connectivity index (χ1v) is 5.48. The van der Waals surface area contributed by atoms with E-state index < -0.39 is 11.6 Å². The Morgan fingerprint density at radius 1 is 1.12 bits per heavy atom. The number of anilines is 3. The van der Waals surface area contributed by atoms with Crippen LogP contribution in [0.3, 0.4) is 0 Å². The van der Waals surface area contributed by atoms with Gasteiger partial charge in [-0.2, -0.15) is 0 Å². The number of aromatic nitrogens is 1. The van der Waals surface area contributed by atoms with Crippen LogP contribution < -0.4 is 11.1 Å². The van der Waals surface area contributed by atoms with E-state index in [1.165, 1.54) is 18.3 Å². The Kier molecular flexibility index (Phi) is 3.23. The van der Waals surface area contributed by atoms with Gasteiger partial charge in [0.25, 0.3) is 0 Å². The Bertz CT molecular complexity index is 540. The minimum absolute atomic E-state index is 0.278. The van der Waals surface area contributed by atoms with Crippen molar-refractivity contribution in [3.8, 4) is 0 Å². The zero-order valence-electron chi connectivity index (χ0n) is 8.55. The standard InChI is InChI=1S/C11H8BrF2N3/c12-10-4-8(15)5-16-11(10)17-9-2-6(13)1-7(14)3-9/h1-5H,15H2,(H,16,17). The summed E-state index contributed by atoms with van der Waals surface area (Å²) in [5, 5.41) is 2.79. The van der Waals surface area contributed by atoms with E-state index in [1.54, 1.807) is 6.07 Å². The molecule has 0 unspecified atom stereocenters. The van der Waals surface area contributed by atoms with Crippen molar-refractivity contribution in [3.05, 3.63) is 46.6 Å². The summed E-state index contributed by atoms with van der Waals surface area (Å²) >= 11 is 3.25. The maximum atomic E-state index is 13.0. The van der Waals surface area contributed by atoms with Gasteiger partial charge in [-0.1, -0.05) is 0 Å². The Balaban J connectivity index is 2.31. The molecule has 2 aromatic rings. The normalized spacial score (nSPS) is 10.3. The van der Waals surface area contributed by atoms with Crippen molar-refractivity contribution in [2.45, 2.75) is 0 Å². The second-order valence-electron chi connectivity index (χ2n) is 3.38. The highest BCUT2D eigenvalue weighted by atomic mass is 79.9. The van der Waals surface area contributed by atoms with Gasteiger partial charge in [0.05, 0.1) is 16.4 Å². The van der Waals surface area contributed by atoms with Gasteiger partial charge < -0.3 is 11.1 Å². The molecule has 0 saturated heterocycles. The summed E-state index contributed by atoms with van der Waals surface area (Å²) in [7, 11) is 0. The third kappa shape index (κ3) is 2.91. The van der Waals surface area contributed by atoms with Crippen molar-refractivity contribution >= 4 is 33.1 Å². The van der Waals surface area contributed by atoms with E-state index in [-0.39, 0.29) is 5.69 Å². The number of pyridine rings is 1. The third-order valence-electron chi connectivity index (χ3n) is 1.99. The molecule has 0 atom stereocenters. The van der Waals surface area contributed by atoms with Gasteiger partial charge in [-0.3, -0.25) is 0 Å². The molecule has 0 aliphatic rings. The molecule has 0 amide bonds. The van der Waals surface area contributed by atoms with Crippen molar-refractivity contribution in [2.75, 3.05) is 11.1 Å². The van der Waals surface area contributed by atoms with E-state index >= 15 is 0 Å². The van der Waals surface area contributed by atoms with Crippen LogP contribution in [0.4, 0.5) is 26.0 Å². The number of nitrogen functional groups attached to an aromatic ring is 1. The number of rotatable bonds is 2. The molecule has 2 rings (SSSR count). The maximum absolute atomic E-state index is 13.0. The van der Waals surface area contributed by atoms with Crippen molar-refractivity contribution in [1.82, 2.24) is 4.98 Å². The third-order valence-corrected chi connectivity index (χ3v) is 2.59. The molecular weight excluding hydrogens is 292 g/mol. The molecule has 3 nitrogen and oxygen atoms in total. The van der Waals surface area contributed by atoms with Crippen molar-refractivity contribution in [1.29, 1.82) is 0 Å². The van der Waals surface area contributed by atoms with E-state index in [2.05, 4.69) is 26.2 Å². The SMILES string of the molecule is Nc1cnc(Nc2cc(F)cc(F)c2)c(Br)c1. The first-order chi connectivity index (χ1) is 8.04. The van der Waals surface area contributed by atoms with Crippen molar-refractivity contribution < 1.29 is 8.78 Å². The molecule has 0 radical (unpaired) electrons. The molecule has 1 aromatic carbocycles. The van der Waals surface area contributed by atoms with E-state index in [0.29, 0.717) is 16.0 Å². The fraction of sp³-hybridized carbons (Fsp3) is 0. The zero-order chi connectivity index (χ0) is 12.4. The van der Waals surface area contributed by atoms with Crippen LogP contribution in [0.1, 0.15) is 0 Å². The quantitative estimate of drug-likeness (QED) is 0.893. The van der Waals surface area contributed by atoms with Crippen LogP contribution in [0.15, 0.2) is 34.9 Å². The highest BCUT2D eigenvalue weighted by Crippen LogP contribution is 2.25. The molecule has 0 fully saturated rings. The van der Waals surface area contributed by atoms with Crippen LogP contribution in [0.2, 0.25) is 0 Å². The van der Waals surface area contributed by atoms with Crippen molar-refractivity contribution in [2.24, 2.45) is 0 Å². The van der Waals surface area contributed by atoms with Gasteiger partial charge in [0.1, 0.15) is 17.5 Å². The Morgan fingerprint density at radius 3 is 2.35 bits per heavy atom. The smallest absolute Gasteiger partial charge is 0.144 e. The van der Waals surface area contributed by atoms with Crippen LogP contribution in [0.25, 0.3) is 0 Å². The first kappa shape index (κ1) is 11.8. The lowest BCUT2D eigenvalue weighted by Crippen LogP contribution is -1.97. The highest BCUT2D eigenvalue weighted by molar-refractivity contribution is 9.10. The number of nitrogens with one attached hydrogen (secondary N) is 1.